The summed E-state index contributed by atoms with van der Waals surface area (Å²) in [5, 5.41) is 16.0. The molecule has 0 aromatic heterocycles. The monoisotopic (exact) mass is 368 g/mol. The van der Waals surface area contributed by atoms with Crippen LogP contribution in [0.5, 0.6) is 0 Å². The van der Waals surface area contributed by atoms with Crippen molar-refractivity contribution >= 4 is 23.8 Å². The molecule has 0 amide bonds. The number of nitrogens with two attached hydrogens (primary N) is 2. The van der Waals surface area contributed by atoms with E-state index in [1.165, 1.54) is 0 Å². The van der Waals surface area contributed by atoms with Gasteiger partial charge >= 0.3 is 0 Å². The predicted octanol–water partition coefficient (Wildman–Crippen LogP) is 1.27. The van der Waals surface area contributed by atoms with E-state index in [2.05, 4.69) is 0 Å². The summed E-state index contributed by atoms with van der Waals surface area (Å²) in [6, 6.07) is 21.5. The smallest absolute Gasteiger partial charge is 0.193 e. The Kier molecular flexibility index (Phi) is 5.46. The van der Waals surface area contributed by atoms with Crippen LogP contribution >= 0.6 is 0 Å². The Bertz CT molecular complexity index is 1120. The number of amidine groups is 2. The molecule has 5 nitrogen and oxygen atoms in total. The number of hydrogen-bond acceptors (Lipinski definition) is 3. The van der Waals surface area contributed by atoms with Gasteiger partial charge in [-0.25, -0.2) is 0 Å². The van der Waals surface area contributed by atoms with Gasteiger partial charge in [-0.05, 0) is 23.3 Å². The molecular weight excluding hydrogens is 348 g/mol. The minimum Gasteiger partial charge on any atom is -0.384 e. The van der Waals surface area contributed by atoms with Gasteiger partial charge in [-0.1, -0.05) is 72.8 Å². The first kappa shape index (κ1) is 18.8. The highest BCUT2D eigenvalue weighted by atomic mass is 16.1. The van der Waals surface area contributed by atoms with Crippen molar-refractivity contribution in [2.45, 2.75) is 0 Å². The molecule has 0 aliphatic carbocycles. The molecule has 0 atom stereocenters. The largest absolute Gasteiger partial charge is 0.384 e. The Balaban J connectivity index is 2.08. The molecule has 3 rings (SSSR count). The van der Waals surface area contributed by atoms with E-state index in [0.29, 0.717) is 21.6 Å². The lowest BCUT2D eigenvalue weighted by Crippen LogP contribution is -2.35. The minimum atomic E-state index is -0.0868. The van der Waals surface area contributed by atoms with Gasteiger partial charge in [0.25, 0.3) is 0 Å². The molecule has 0 aliphatic heterocycles. The normalized spacial score (nSPS) is 12.0. The average Bonchev–Trinajstić information content (AvgIpc) is 2.85. The van der Waals surface area contributed by atoms with E-state index in [0.717, 1.165) is 11.1 Å². The number of hydrogen-bond donors (Lipinski definition) is 4. The third-order valence-electron chi connectivity index (χ3n) is 4.27. The van der Waals surface area contributed by atoms with Gasteiger partial charge in [0, 0.05) is 21.6 Å². The third-order valence-corrected chi connectivity index (χ3v) is 4.27. The van der Waals surface area contributed by atoms with Gasteiger partial charge in [0.2, 0.25) is 0 Å². The second kappa shape index (κ2) is 8.14. The molecule has 0 bridgehead atoms. The van der Waals surface area contributed by atoms with E-state index in [1.54, 1.807) is 36.4 Å². The molecule has 0 saturated heterocycles. The van der Waals surface area contributed by atoms with Gasteiger partial charge in [0.15, 0.2) is 5.43 Å². The van der Waals surface area contributed by atoms with Crippen molar-refractivity contribution in [3.8, 4) is 0 Å². The van der Waals surface area contributed by atoms with E-state index in [1.807, 2.05) is 48.6 Å². The Morgan fingerprint density at radius 2 is 1.00 bits per heavy atom. The fourth-order valence-electron chi connectivity index (χ4n) is 2.74. The summed E-state index contributed by atoms with van der Waals surface area (Å²) < 4.78 is 0. The molecule has 138 valence electrons. The maximum atomic E-state index is 13.0. The van der Waals surface area contributed by atoms with E-state index in [4.69, 9.17) is 22.3 Å². The summed E-state index contributed by atoms with van der Waals surface area (Å²) >= 11 is 0. The SMILES string of the molecule is N=C(N)c1ccc(/C=c2/cccc/c(=C\c3ccc(C(=N)N)cc3)c2=O)cc1. The molecule has 6 N–H and O–H groups in total. The topological polar surface area (TPSA) is 117 Å². The van der Waals surface area contributed by atoms with Gasteiger partial charge in [-0.15, -0.1) is 0 Å². The molecule has 0 saturated carbocycles. The van der Waals surface area contributed by atoms with Crippen LogP contribution in [0.3, 0.4) is 0 Å². The molecule has 0 fully saturated rings. The molecule has 3 aromatic carbocycles. The lowest BCUT2D eigenvalue weighted by molar-refractivity contribution is 1.42. The van der Waals surface area contributed by atoms with Crippen LogP contribution in [0.25, 0.3) is 12.2 Å². The van der Waals surface area contributed by atoms with Gasteiger partial charge in [0.1, 0.15) is 11.7 Å². The van der Waals surface area contributed by atoms with Gasteiger partial charge in [-0.3, -0.25) is 15.6 Å². The number of nitrogens with one attached hydrogen (secondary N) is 2. The lowest BCUT2D eigenvalue weighted by atomic mass is 10.1. The van der Waals surface area contributed by atoms with Crippen LogP contribution in [0.4, 0.5) is 0 Å². The molecule has 0 heterocycles. The maximum Gasteiger partial charge on any atom is 0.193 e. The van der Waals surface area contributed by atoms with Crippen LogP contribution in [0.2, 0.25) is 0 Å². The Labute approximate surface area is 162 Å². The van der Waals surface area contributed by atoms with Gasteiger partial charge < -0.3 is 11.5 Å². The first-order valence-electron chi connectivity index (χ1n) is 8.66. The quantitative estimate of drug-likeness (QED) is 0.410. The molecule has 0 aliphatic rings. The average molecular weight is 368 g/mol. The zero-order valence-corrected chi connectivity index (χ0v) is 15.1. The van der Waals surface area contributed by atoms with E-state index < -0.39 is 0 Å². The Morgan fingerprint density at radius 1 is 0.643 bits per heavy atom. The minimum absolute atomic E-state index is 0.00912. The van der Waals surface area contributed by atoms with Crippen LogP contribution in [-0.2, 0) is 0 Å². The summed E-state index contributed by atoms with van der Waals surface area (Å²) in [5.74, 6) is 0.0182. The lowest BCUT2D eigenvalue weighted by Gasteiger charge is -1.98. The number of rotatable bonds is 4. The predicted molar refractivity (Wildman–Crippen MR) is 114 cm³/mol. The molecule has 0 unspecified atom stereocenters. The second-order valence-electron chi connectivity index (χ2n) is 6.32. The number of benzene rings is 2. The van der Waals surface area contributed by atoms with Crippen molar-refractivity contribution in [1.29, 1.82) is 10.8 Å². The van der Waals surface area contributed by atoms with Gasteiger partial charge in [-0.2, -0.15) is 0 Å². The fraction of sp³-hybridized carbons (Fsp3) is 0. The van der Waals surface area contributed by atoms with E-state index in [-0.39, 0.29) is 17.1 Å². The zero-order chi connectivity index (χ0) is 20.1. The van der Waals surface area contributed by atoms with Crippen LogP contribution in [-0.4, -0.2) is 11.7 Å². The van der Waals surface area contributed by atoms with Crippen LogP contribution in [0, 0.1) is 10.8 Å². The Morgan fingerprint density at radius 3 is 1.32 bits per heavy atom. The molecule has 5 heteroatoms. The van der Waals surface area contributed by atoms with Crippen LogP contribution in [0.15, 0.2) is 77.6 Å². The highest BCUT2D eigenvalue weighted by Crippen LogP contribution is 2.05. The molecule has 0 radical (unpaired) electrons. The van der Waals surface area contributed by atoms with Crippen molar-refractivity contribution in [3.63, 3.8) is 0 Å². The van der Waals surface area contributed by atoms with E-state index >= 15 is 0 Å². The van der Waals surface area contributed by atoms with Crippen LogP contribution in [0.1, 0.15) is 22.3 Å². The molecule has 3 aromatic rings. The third kappa shape index (κ3) is 4.40. The number of nitrogen functional groups attached to an aromatic ring is 2. The summed E-state index contributed by atoms with van der Waals surface area (Å²) in [5.41, 5.74) is 13.8. The zero-order valence-electron chi connectivity index (χ0n) is 15.1. The van der Waals surface area contributed by atoms with Crippen molar-refractivity contribution < 1.29 is 0 Å². The summed E-state index contributed by atoms with van der Waals surface area (Å²) in [6.07, 6.45) is 3.62. The first-order chi connectivity index (χ1) is 13.4. The van der Waals surface area contributed by atoms with Gasteiger partial charge in [0.05, 0.1) is 0 Å². The summed E-state index contributed by atoms with van der Waals surface area (Å²) in [4.78, 5) is 13.0. The molecular formula is C23H20N4O. The van der Waals surface area contributed by atoms with E-state index in [9.17, 15) is 4.79 Å². The highest BCUT2D eigenvalue weighted by Gasteiger charge is 1.98. The fourth-order valence-corrected chi connectivity index (χ4v) is 2.74. The second-order valence-corrected chi connectivity index (χ2v) is 6.32. The van der Waals surface area contributed by atoms with Crippen LogP contribution < -0.4 is 27.3 Å². The van der Waals surface area contributed by atoms with Crippen molar-refractivity contribution in [2.75, 3.05) is 0 Å². The molecule has 0 spiro atoms. The standard InChI is InChI=1S/C23H20N4O/c24-22(25)17-9-5-15(6-10-17)13-19-3-1-2-4-20(21(19)28)14-16-7-11-18(12-8-16)23(26)27/h1-14H,(H3,24,25)(H3,26,27)/b19-13-,20-14+. The van der Waals surface area contributed by atoms with Crippen molar-refractivity contribution in [1.82, 2.24) is 0 Å². The first-order valence-corrected chi connectivity index (χ1v) is 8.66. The summed E-state index contributed by atoms with van der Waals surface area (Å²) in [7, 11) is 0. The molecule has 28 heavy (non-hydrogen) atoms. The highest BCUT2D eigenvalue weighted by molar-refractivity contribution is 5.95. The summed E-state index contributed by atoms with van der Waals surface area (Å²) in [6.45, 7) is 0. The maximum absolute atomic E-state index is 13.0. The Hall–Kier alpha value is -3.99. The van der Waals surface area contributed by atoms with Crippen molar-refractivity contribution in [2.24, 2.45) is 11.5 Å². The van der Waals surface area contributed by atoms with Crippen molar-refractivity contribution in [3.05, 3.63) is 116 Å².